The van der Waals surface area contributed by atoms with Crippen molar-refractivity contribution in [2.24, 2.45) is 5.92 Å². The Kier molecular flexibility index (Phi) is 5.14. The Morgan fingerprint density at radius 3 is 2.79 bits per heavy atom. The third-order valence-corrected chi connectivity index (χ3v) is 3.87. The predicted molar refractivity (Wildman–Crippen MR) is 79.1 cm³/mol. The largest absolute Gasteiger partial charge is 0.369 e. The number of rotatable bonds is 5. The lowest BCUT2D eigenvalue weighted by atomic mass is 9.95. The number of anilines is 1. The quantitative estimate of drug-likeness (QED) is 0.886. The minimum Gasteiger partial charge on any atom is -0.369 e. The molecule has 1 aromatic heterocycles. The van der Waals surface area contributed by atoms with Crippen molar-refractivity contribution in [3.63, 3.8) is 0 Å². The van der Waals surface area contributed by atoms with Crippen molar-refractivity contribution < 1.29 is 0 Å². The van der Waals surface area contributed by atoms with Crippen molar-refractivity contribution in [2.75, 3.05) is 18.4 Å². The van der Waals surface area contributed by atoms with Gasteiger partial charge in [0, 0.05) is 25.7 Å². The minimum absolute atomic E-state index is 0.663. The molecule has 0 aliphatic carbocycles. The van der Waals surface area contributed by atoms with Crippen LogP contribution in [-0.2, 0) is 6.54 Å². The number of piperidine rings is 1. The molecule has 4 heteroatoms. The Morgan fingerprint density at radius 2 is 2.11 bits per heavy atom. The molecule has 2 atom stereocenters. The molecule has 19 heavy (non-hydrogen) atoms. The van der Waals surface area contributed by atoms with Gasteiger partial charge in [0.25, 0.3) is 0 Å². The molecule has 0 saturated carbocycles. The van der Waals surface area contributed by atoms with Crippen LogP contribution >= 0.6 is 0 Å². The van der Waals surface area contributed by atoms with Crippen molar-refractivity contribution in [3.8, 4) is 0 Å². The molecule has 2 unspecified atom stereocenters. The fourth-order valence-electron chi connectivity index (χ4n) is 2.59. The summed E-state index contributed by atoms with van der Waals surface area (Å²) < 4.78 is 0. The topological polar surface area (TPSA) is 41.1 Å². The molecule has 106 valence electrons. The zero-order valence-electron chi connectivity index (χ0n) is 12.4. The SMILES string of the molecule is CCCNc1cnc(CN2CC(C)CCC2C)cn1. The number of hydrogen-bond acceptors (Lipinski definition) is 4. The van der Waals surface area contributed by atoms with Gasteiger partial charge in [-0.05, 0) is 32.1 Å². The number of nitrogens with zero attached hydrogens (tertiary/aromatic N) is 3. The van der Waals surface area contributed by atoms with Crippen molar-refractivity contribution >= 4 is 5.82 Å². The van der Waals surface area contributed by atoms with Gasteiger partial charge in [0.1, 0.15) is 5.82 Å². The molecule has 1 aliphatic heterocycles. The fraction of sp³-hybridized carbons (Fsp3) is 0.733. The molecule has 2 rings (SSSR count). The van der Waals surface area contributed by atoms with Crippen LogP contribution in [0.1, 0.15) is 45.7 Å². The number of likely N-dealkylation sites (tertiary alicyclic amines) is 1. The summed E-state index contributed by atoms with van der Waals surface area (Å²) in [5, 5.41) is 3.25. The maximum atomic E-state index is 4.52. The van der Waals surface area contributed by atoms with Gasteiger partial charge < -0.3 is 5.32 Å². The molecule has 1 aromatic rings. The van der Waals surface area contributed by atoms with E-state index in [2.05, 4.69) is 41.0 Å². The van der Waals surface area contributed by atoms with E-state index >= 15 is 0 Å². The van der Waals surface area contributed by atoms with E-state index in [0.717, 1.165) is 36.9 Å². The molecule has 1 saturated heterocycles. The first-order valence-electron chi connectivity index (χ1n) is 7.48. The van der Waals surface area contributed by atoms with Crippen LogP contribution in [0.25, 0.3) is 0 Å². The minimum atomic E-state index is 0.663. The fourth-order valence-corrected chi connectivity index (χ4v) is 2.59. The lowest BCUT2D eigenvalue weighted by Crippen LogP contribution is -2.40. The molecular weight excluding hydrogens is 236 g/mol. The predicted octanol–water partition coefficient (Wildman–Crippen LogP) is 2.92. The monoisotopic (exact) mass is 262 g/mol. The van der Waals surface area contributed by atoms with Crippen molar-refractivity contribution in [1.82, 2.24) is 14.9 Å². The zero-order chi connectivity index (χ0) is 13.7. The molecule has 2 heterocycles. The lowest BCUT2D eigenvalue weighted by Gasteiger charge is -2.36. The molecule has 1 N–H and O–H groups in total. The first-order chi connectivity index (χ1) is 9.19. The van der Waals surface area contributed by atoms with Gasteiger partial charge in [-0.25, -0.2) is 4.98 Å². The number of nitrogens with one attached hydrogen (secondary N) is 1. The van der Waals surface area contributed by atoms with Crippen LogP contribution in [-0.4, -0.2) is 34.0 Å². The van der Waals surface area contributed by atoms with Gasteiger partial charge >= 0.3 is 0 Å². The van der Waals surface area contributed by atoms with E-state index in [-0.39, 0.29) is 0 Å². The highest BCUT2D eigenvalue weighted by atomic mass is 15.2. The van der Waals surface area contributed by atoms with Crippen LogP contribution < -0.4 is 5.32 Å². The van der Waals surface area contributed by atoms with E-state index in [4.69, 9.17) is 0 Å². The first-order valence-corrected chi connectivity index (χ1v) is 7.48. The highest BCUT2D eigenvalue weighted by Gasteiger charge is 2.23. The van der Waals surface area contributed by atoms with Crippen LogP contribution in [0.4, 0.5) is 5.82 Å². The average Bonchev–Trinajstić information content (AvgIpc) is 2.42. The summed E-state index contributed by atoms with van der Waals surface area (Å²) in [6.07, 6.45) is 7.51. The molecule has 4 nitrogen and oxygen atoms in total. The van der Waals surface area contributed by atoms with Crippen molar-refractivity contribution in [1.29, 1.82) is 0 Å². The Hall–Kier alpha value is -1.16. The van der Waals surface area contributed by atoms with Crippen LogP contribution in [0.2, 0.25) is 0 Å². The van der Waals surface area contributed by atoms with Crippen LogP contribution in [0.15, 0.2) is 12.4 Å². The van der Waals surface area contributed by atoms with Gasteiger partial charge in [0.2, 0.25) is 0 Å². The Bertz CT molecular complexity index is 376. The van der Waals surface area contributed by atoms with Gasteiger partial charge in [0.15, 0.2) is 0 Å². The maximum absolute atomic E-state index is 4.52. The van der Waals surface area contributed by atoms with Gasteiger partial charge in [0.05, 0.1) is 18.1 Å². The molecule has 1 aliphatic rings. The summed E-state index contributed by atoms with van der Waals surface area (Å²) in [6.45, 7) is 9.85. The maximum Gasteiger partial charge on any atom is 0.144 e. The summed E-state index contributed by atoms with van der Waals surface area (Å²) in [5.41, 5.74) is 1.07. The average molecular weight is 262 g/mol. The molecular formula is C15H26N4. The van der Waals surface area contributed by atoms with Gasteiger partial charge in [-0.2, -0.15) is 0 Å². The standard InChI is InChI=1S/C15H26N4/c1-4-7-16-15-9-17-14(8-18-15)11-19-10-12(2)5-6-13(19)3/h8-9,12-13H,4-7,10-11H2,1-3H3,(H,16,18). The van der Waals surface area contributed by atoms with Crippen molar-refractivity contribution in [3.05, 3.63) is 18.1 Å². The van der Waals surface area contributed by atoms with Gasteiger partial charge in [-0.1, -0.05) is 13.8 Å². The Labute approximate surface area is 116 Å². The van der Waals surface area contributed by atoms with Crippen LogP contribution in [0.3, 0.4) is 0 Å². The van der Waals surface area contributed by atoms with Crippen molar-refractivity contribution in [2.45, 2.75) is 52.6 Å². The summed E-state index contributed by atoms with van der Waals surface area (Å²) in [7, 11) is 0. The third kappa shape index (κ3) is 4.16. The van der Waals surface area contributed by atoms with E-state index in [1.807, 2.05) is 12.4 Å². The van der Waals surface area contributed by atoms with E-state index in [1.165, 1.54) is 19.4 Å². The molecule has 1 fully saturated rings. The van der Waals surface area contributed by atoms with E-state index in [9.17, 15) is 0 Å². The molecule has 0 radical (unpaired) electrons. The molecule has 0 bridgehead atoms. The first kappa shape index (κ1) is 14.3. The van der Waals surface area contributed by atoms with Crippen LogP contribution in [0.5, 0.6) is 0 Å². The van der Waals surface area contributed by atoms with Crippen LogP contribution in [0, 0.1) is 5.92 Å². The summed E-state index contributed by atoms with van der Waals surface area (Å²) >= 11 is 0. The molecule has 0 amide bonds. The summed E-state index contributed by atoms with van der Waals surface area (Å²) in [5.74, 6) is 1.68. The second-order valence-corrected chi connectivity index (χ2v) is 5.78. The van der Waals surface area contributed by atoms with E-state index in [1.54, 1.807) is 0 Å². The third-order valence-electron chi connectivity index (χ3n) is 3.87. The number of hydrogen-bond donors (Lipinski definition) is 1. The van der Waals surface area contributed by atoms with Gasteiger partial charge in [-0.3, -0.25) is 9.88 Å². The lowest BCUT2D eigenvalue weighted by molar-refractivity contribution is 0.116. The van der Waals surface area contributed by atoms with Gasteiger partial charge in [-0.15, -0.1) is 0 Å². The van der Waals surface area contributed by atoms with E-state index in [0.29, 0.717) is 6.04 Å². The summed E-state index contributed by atoms with van der Waals surface area (Å²) in [4.78, 5) is 11.5. The molecule has 0 spiro atoms. The van der Waals surface area contributed by atoms with E-state index < -0.39 is 0 Å². The second-order valence-electron chi connectivity index (χ2n) is 5.78. The zero-order valence-corrected chi connectivity index (χ0v) is 12.4. The second kappa shape index (κ2) is 6.85. The highest BCUT2D eigenvalue weighted by Crippen LogP contribution is 2.22. The summed E-state index contributed by atoms with van der Waals surface area (Å²) in [6, 6.07) is 0.663. The Balaban J connectivity index is 1.91. The number of aromatic nitrogens is 2. The highest BCUT2D eigenvalue weighted by molar-refractivity contribution is 5.30. The smallest absolute Gasteiger partial charge is 0.144 e. The Morgan fingerprint density at radius 1 is 1.26 bits per heavy atom. The normalized spacial score (nSPS) is 24.4. The molecule has 0 aromatic carbocycles.